The largest absolute Gasteiger partial charge is 0.450 e. The van der Waals surface area contributed by atoms with Crippen molar-refractivity contribution in [2.24, 2.45) is 5.28 Å². The fraction of sp³-hybridized carbons (Fsp3) is 0.857. The topological polar surface area (TPSA) is 88.6 Å². The van der Waals surface area contributed by atoms with Gasteiger partial charge in [0.2, 0.25) is 0 Å². The number of amides is 1. The molecule has 0 aromatic rings. The van der Waals surface area contributed by atoms with Crippen LogP contribution in [-0.2, 0) is 4.74 Å². The van der Waals surface area contributed by atoms with Crippen molar-refractivity contribution < 1.29 is 24.9 Å². The lowest BCUT2D eigenvalue weighted by atomic mass is 10.4. The first kappa shape index (κ1) is 11.3. The van der Waals surface area contributed by atoms with Gasteiger partial charge in [-0.25, -0.2) is 10.0 Å². The monoisotopic (exact) mass is 219 g/mol. The predicted molar refractivity (Wildman–Crippen MR) is 46.4 cm³/mol. The average Bonchev–Trinajstić information content (AvgIpc) is 2.28. The molecule has 0 saturated carbocycles. The fourth-order valence-corrected chi connectivity index (χ4v) is 1.33. The number of hydrazine groups is 1. The first-order chi connectivity index (χ1) is 7.19. The normalized spacial score (nSPS) is 17.8. The summed E-state index contributed by atoms with van der Waals surface area (Å²) in [5, 5.41) is 21.3. The van der Waals surface area contributed by atoms with Gasteiger partial charge in [-0.3, -0.25) is 0 Å². The predicted octanol–water partition coefficient (Wildman–Crippen LogP) is -0.0814. The first-order valence-electron chi connectivity index (χ1n) is 4.69. The number of hydrogen-bond donors (Lipinski definition) is 2. The summed E-state index contributed by atoms with van der Waals surface area (Å²) in [6.45, 7) is 3.71. The van der Waals surface area contributed by atoms with Crippen molar-refractivity contribution in [3.63, 3.8) is 0 Å². The van der Waals surface area contributed by atoms with Crippen LogP contribution in [0.5, 0.6) is 0 Å². The molecule has 2 N–H and O–H groups in total. The summed E-state index contributed by atoms with van der Waals surface area (Å²) < 4.78 is 4.82. The minimum atomic E-state index is -0.359. The summed E-state index contributed by atoms with van der Waals surface area (Å²) in [5.74, 6) is 0. The van der Waals surface area contributed by atoms with E-state index < -0.39 is 0 Å². The number of nitrogens with zero attached hydrogens (tertiary/aromatic N) is 4. The minimum Gasteiger partial charge on any atom is -0.450 e. The summed E-state index contributed by atoms with van der Waals surface area (Å²) in [7, 11) is 0. The minimum absolute atomic E-state index is 0.344. The number of rotatable bonds is 2. The van der Waals surface area contributed by atoms with E-state index in [0.29, 0.717) is 37.8 Å². The van der Waals surface area contributed by atoms with Crippen molar-refractivity contribution in [3.8, 4) is 0 Å². The molecule has 0 aromatic heterocycles. The van der Waals surface area contributed by atoms with Gasteiger partial charge in [0.15, 0.2) is 0 Å². The molecule has 1 fully saturated rings. The van der Waals surface area contributed by atoms with Crippen LogP contribution in [0.2, 0.25) is 0 Å². The third-order valence-electron chi connectivity index (χ3n) is 2.12. The Labute approximate surface area is 86.8 Å². The van der Waals surface area contributed by atoms with Crippen LogP contribution >= 0.6 is 0 Å². The van der Waals surface area contributed by atoms with Crippen LogP contribution in [0.4, 0.5) is 4.79 Å². The third kappa shape index (κ3) is 2.86. The second kappa shape index (κ2) is 5.23. The molecule has 1 rings (SSSR count). The van der Waals surface area contributed by atoms with Crippen molar-refractivity contribution in [2.75, 3.05) is 32.8 Å². The molecular formula is C7H15N4O4+. The third-order valence-corrected chi connectivity index (χ3v) is 2.12. The SMILES string of the molecule is CCOC(=O)N1CCN([N+](O)=NO)CC1. The zero-order chi connectivity index (χ0) is 11.3. The molecule has 0 radical (unpaired) electrons. The summed E-state index contributed by atoms with van der Waals surface area (Å²) in [6, 6.07) is 0. The van der Waals surface area contributed by atoms with E-state index in [2.05, 4.69) is 5.28 Å². The molecule has 1 saturated heterocycles. The van der Waals surface area contributed by atoms with E-state index in [1.54, 1.807) is 6.92 Å². The Kier molecular flexibility index (Phi) is 3.95. The maximum Gasteiger partial charge on any atom is 0.409 e. The number of carbonyl (C=O) groups is 1. The number of piperazine rings is 1. The maximum absolute atomic E-state index is 11.3. The van der Waals surface area contributed by atoms with Gasteiger partial charge >= 0.3 is 6.09 Å². The summed E-state index contributed by atoms with van der Waals surface area (Å²) in [6.07, 6.45) is -0.359. The zero-order valence-corrected chi connectivity index (χ0v) is 8.54. The van der Waals surface area contributed by atoms with Crippen LogP contribution in [0, 0.1) is 0 Å². The molecule has 0 bridgehead atoms. The maximum atomic E-state index is 11.3. The van der Waals surface area contributed by atoms with Crippen molar-refractivity contribution in [2.45, 2.75) is 6.92 Å². The Balaban J connectivity index is 2.39. The molecule has 1 aliphatic rings. The highest BCUT2D eigenvalue weighted by atomic mass is 16.6. The molecule has 0 spiro atoms. The molecule has 8 nitrogen and oxygen atoms in total. The molecule has 15 heavy (non-hydrogen) atoms. The highest BCUT2D eigenvalue weighted by molar-refractivity contribution is 5.67. The van der Waals surface area contributed by atoms with E-state index in [1.807, 2.05) is 0 Å². The van der Waals surface area contributed by atoms with Gasteiger partial charge in [0.25, 0.3) is 10.2 Å². The Morgan fingerprint density at radius 1 is 1.47 bits per heavy atom. The molecule has 0 atom stereocenters. The van der Waals surface area contributed by atoms with E-state index >= 15 is 0 Å². The van der Waals surface area contributed by atoms with Gasteiger partial charge in [-0.2, -0.15) is 0 Å². The van der Waals surface area contributed by atoms with Crippen LogP contribution < -0.4 is 0 Å². The number of carbonyl (C=O) groups excluding carboxylic acids is 1. The number of hydrogen-bond acceptors (Lipinski definition) is 3. The summed E-state index contributed by atoms with van der Waals surface area (Å²) in [5.41, 5.74) is 0. The molecule has 1 heterocycles. The van der Waals surface area contributed by atoms with Crippen LogP contribution in [0.25, 0.3) is 0 Å². The highest BCUT2D eigenvalue weighted by Crippen LogP contribution is 2.03. The zero-order valence-electron chi connectivity index (χ0n) is 8.54. The van der Waals surface area contributed by atoms with Crippen molar-refractivity contribution in [1.29, 1.82) is 0 Å². The Hall–Kier alpha value is -1.73. The second-order valence-electron chi connectivity index (χ2n) is 3.00. The van der Waals surface area contributed by atoms with Crippen LogP contribution in [0.1, 0.15) is 6.92 Å². The molecule has 0 aliphatic carbocycles. The standard InChI is InChI=1S/C7H14N4O4/c1-2-15-7(12)9-3-5-10(6-4-9)11(14)8-13/h14H,2-6H2,1H3/p+1. The van der Waals surface area contributed by atoms with E-state index in [0.717, 1.165) is 0 Å². The van der Waals surface area contributed by atoms with E-state index in [4.69, 9.17) is 15.2 Å². The fourth-order valence-electron chi connectivity index (χ4n) is 1.33. The van der Waals surface area contributed by atoms with E-state index in [-0.39, 0.29) is 6.09 Å². The first-order valence-corrected chi connectivity index (χ1v) is 4.69. The Morgan fingerprint density at radius 2 is 2.07 bits per heavy atom. The van der Waals surface area contributed by atoms with Gasteiger partial charge in [0, 0.05) is 13.1 Å². The molecule has 0 aromatic carbocycles. The summed E-state index contributed by atoms with van der Waals surface area (Å²) >= 11 is 0. The van der Waals surface area contributed by atoms with Crippen molar-refractivity contribution in [3.05, 3.63) is 0 Å². The quantitative estimate of drug-likeness (QED) is 0.385. The van der Waals surface area contributed by atoms with Crippen molar-refractivity contribution >= 4 is 6.09 Å². The second-order valence-corrected chi connectivity index (χ2v) is 3.00. The van der Waals surface area contributed by atoms with Crippen LogP contribution in [0.15, 0.2) is 5.28 Å². The van der Waals surface area contributed by atoms with E-state index in [9.17, 15) is 4.79 Å². The lowest BCUT2D eigenvalue weighted by Crippen LogP contribution is -2.51. The molecule has 1 amide bonds. The lowest BCUT2D eigenvalue weighted by molar-refractivity contribution is -0.941. The summed E-state index contributed by atoms with van der Waals surface area (Å²) in [4.78, 5) is 13.2. The van der Waals surface area contributed by atoms with Gasteiger partial charge < -0.3 is 14.8 Å². The van der Waals surface area contributed by atoms with E-state index in [1.165, 1.54) is 9.91 Å². The van der Waals surface area contributed by atoms with Gasteiger partial charge in [-0.15, -0.1) is 5.01 Å². The lowest BCUT2D eigenvalue weighted by Gasteiger charge is -2.28. The van der Waals surface area contributed by atoms with Crippen LogP contribution in [0.3, 0.4) is 0 Å². The van der Waals surface area contributed by atoms with Gasteiger partial charge in [-0.05, 0) is 6.92 Å². The van der Waals surface area contributed by atoms with Gasteiger partial charge in [-0.1, -0.05) is 0 Å². The molecular weight excluding hydrogens is 204 g/mol. The Bertz CT molecular complexity index is 249. The molecule has 8 heteroatoms. The van der Waals surface area contributed by atoms with Crippen LogP contribution in [-0.4, -0.2) is 64.2 Å². The average molecular weight is 219 g/mol. The van der Waals surface area contributed by atoms with Gasteiger partial charge in [0.05, 0.1) is 19.7 Å². The molecule has 0 unspecified atom stereocenters. The molecule has 86 valence electrons. The van der Waals surface area contributed by atoms with Crippen molar-refractivity contribution in [1.82, 2.24) is 9.91 Å². The number of ether oxygens (including phenoxy) is 1. The highest BCUT2D eigenvalue weighted by Gasteiger charge is 2.28. The molecule has 1 aliphatic heterocycles. The van der Waals surface area contributed by atoms with Gasteiger partial charge in [0.1, 0.15) is 0 Å². The Morgan fingerprint density at radius 3 is 2.53 bits per heavy atom. The smallest absolute Gasteiger partial charge is 0.409 e.